The Hall–Kier alpha value is -1.75. The lowest BCUT2D eigenvalue weighted by Gasteiger charge is -2.37. The van der Waals surface area contributed by atoms with Crippen molar-refractivity contribution in [3.8, 4) is 5.75 Å². The lowest BCUT2D eigenvalue weighted by atomic mass is 10.2. The number of hydrogen-bond donors (Lipinski definition) is 1. The van der Waals surface area contributed by atoms with Crippen molar-refractivity contribution in [1.29, 1.82) is 0 Å². The Morgan fingerprint density at radius 1 is 1.32 bits per heavy atom. The number of piperazine rings is 1. The summed E-state index contributed by atoms with van der Waals surface area (Å²) in [6, 6.07) is 7.28. The van der Waals surface area contributed by atoms with Gasteiger partial charge >= 0.3 is 0 Å². The number of carbonyl (C=O) groups is 1. The zero-order valence-corrected chi connectivity index (χ0v) is 11.5. The van der Waals surface area contributed by atoms with Crippen molar-refractivity contribution in [1.82, 2.24) is 9.80 Å². The maximum Gasteiger partial charge on any atom is 0.239 e. The quantitative estimate of drug-likeness (QED) is 0.817. The van der Waals surface area contributed by atoms with Gasteiger partial charge < -0.3 is 15.4 Å². The number of amides is 1. The molecule has 1 aromatic rings. The van der Waals surface area contributed by atoms with Gasteiger partial charge in [-0.15, -0.1) is 0 Å². The average molecular weight is 263 g/mol. The van der Waals surface area contributed by atoms with Crippen LogP contribution in [-0.2, 0) is 4.79 Å². The van der Waals surface area contributed by atoms with Crippen molar-refractivity contribution in [3.63, 3.8) is 0 Å². The zero-order chi connectivity index (χ0) is 13.8. The van der Waals surface area contributed by atoms with E-state index in [1.807, 2.05) is 38.2 Å². The molecule has 1 aliphatic heterocycles. The number of nitrogens with two attached hydrogens (primary N) is 1. The van der Waals surface area contributed by atoms with Crippen LogP contribution in [0.4, 0.5) is 5.69 Å². The smallest absolute Gasteiger partial charge is 0.239 e. The Labute approximate surface area is 113 Å². The standard InChI is InChI=1S/C14H21N3O2/c1-11-14(18)16(2)7-8-17(11)9-10-19-13-5-3-12(15)4-6-13/h3-6,11H,7-10,15H2,1-2H3. The van der Waals surface area contributed by atoms with Crippen LogP contribution in [0.2, 0.25) is 0 Å². The Morgan fingerprint density at radius 3 is 2.68 bits per heavy atom. The number of nitrogen functional groups attached to an aromatic ring is 1. The maximum absolute atomic E-state index is 11.8. The van der Waals surface area contributed by atoms with Gasteiger partial charge in [-0.3, -0.25) is 9.69 Å². The zero-order valence-electron chi connectivity index (χ0n) is 11.5. The molecule has 0 spiro atoms. The molecule has 0 saturated carbocycles. The van der Waals surface area contributed by atoms with Crippen molar-refractivity contribution >= 4 is 11.6 Å². The average Bonchev–Trinajstić information content (AvgIpc) is 2.41. The summed E-state index contributed by atoms with van der Waals surface area (Å²) in [6.45, 7) is 4.96. The second kappa shape index (κ2) is 5.93. The van der Waals surface area contributed by atoms with Crippen molar-refractivity contribution in [2.24, 2.45) is 0 Å². The third-order valence-corrected chi connectivity index (χ3v) is 3.53. The van der Waals surface area contributed by atoms with Crippen LogP contribution in [0, 0.1) is 0 Å². The van der Waals surface area contributed by atoms with Crippen LogP contribution in [0.3, 0.4) is 0 Å². The van der Waals surface area contributed by atoms with Gasteiger partial charge in [0.15, 0.2) is 0 Å². The monoisotopic (exact) mass is 263 g/mol. The first-order valence-corrected chi connectivity index (χ1v) is 6.55. The molecule has 0 radical (unpaired) electrons. The fourth-order valence-corrected chi connectivity index (χ4v) is 2.21. The molecule has 0 bridgehead atoms. The summed E-state index contributed by atoms with van der Waals surface area (Å²) in [4.78, 5) is 15.8. The number of ether oxygens (including phenoxy) is 1. The highest BCUT2D eigenvalue weighted by atomic mass is 16.5. The molecule has 2 N–H and O–H groups in total. The minimum absolute atomic E-state index is 0.0613. The molecule has 2 rings (SSSR count). The number of hydrogen-bond acceptors (Lipinski definition) is 4. The predicted octanol–water partition coefficient (Wildman–Crippen LogP) is 0.810. The van der Waals surface area contributed by atoms with Crippen LogP contribution in [0.25, 0.3) is 0 Å². The van der Waals surface area contributed by atoms with Crippen LogP contribution >= 0.6 is 0 Å². The molecule has 1 unspecified atom stereocenters. The first kappa shape index (κ1) is 13.7. The van der Waals surface area contributed by atoms with Gasteiger partial charge in [0.25, 0.3) is 0 Å². The van der Waals surface area contributed by atoms with Gasteiger partial charge in [-0.1, -0.05) is 0 Å². The fraction of sp³-hybridized carbons (Fsp3) is 0.500. The van der Waals surface area contributed by atoms with E-state index in [9.17, 15) is 4.79 Å². The van der Waals surface area contributed by atoms with Gasteiger partial charge in [0, 0.05) is 32.4 Å². The summed E-state index contributed by atoms with van der Waals surface area (Å²) in [5, 5.41) is 0. The van der Waals surface area contributed by atoms with E-state index in [2.05, 4.69) is 4.90 Å². The Kier molecular flexibility index (Phi) is 4.27. The molecule has 1 saturated heterocycles. The molecule has 5 heteroatoms. The Balaban J connectivity index is 1.79. The van der Waals surface area contributed by atoms with E-state index < -0.39 is 0 Å². The van der Waals surface area contributed by atoms with E-state index in [0.717, 1.165) is 31.1 Å². The summed E-state index contributed by atoms with van der Waals surface area (Å²) in [5.41, 5.74) is 6.34. The number of anilines is 1. The largest absolute Gasteiger partial charge is 0.492 e. The lowest BCUT2D eigenvalue weighted by molar-refractivity contribution is -0.139. The minimum atomic E-state index is -0.0613. The number of rotatable bonds is 4. The van der Waals surface area contributed by atoms with Crippen LogP contribution < -0.4 is 10.5 Å². The maximum atomic E-state index is 11.8. The normalized spacial score (nSPS) is 20.6. The summed E-state index contributed by atoms with van der Waals surface area (Å²) in [5.74, 6) is 0.987. The first-order chi connectivity index (χ1) is 9.08. The Bertz CT molecular complexity index is 433. The first-order valence-electron chi connectivity index (χ1n) is 6.55. The number of benzene rings is 1. The van der Waals surface area contributed by atoms with E-state index in [1.165, 1.54) is 0 Å². The summed E-state index contributed by atoms with van der Waals surface area (Å²) in [7, 11) is 1.85. The highest BCUT2D eigenvalue weighted by molar-refractivity contribution is 5.81. The van der Waals surface area contributed by atoms with Crippen molar-refractivity contribution < 1.29 is 9.53 Å². The van der Waals surface area contributed by atoms with Crippen LogP contribution in [0.1, 0.15) is 6.92 Å². The van der Waals surface area contributed by atoms with E-state index in [1.54, 1.807) is 4.90 Å². The van der Waals surface area contributed by atoms with Crippen LogP contribution in [0.5, 0.6) is 5.75 Å². The molecule has 104 valence electrons. The summed E-state index contributed by atoms with van der Waals surface area (Å²) in [6.07, 6.45) is 0. The molecule has 1 amide bonds. The lowest BCUT2D eigenvalue weighted by Crippen LogP contribution is -2.55. The van der Waals surface area contributed by atoms with Crippen LogP contribution in [0.15, 0.2) is 24.3 Å². The molecule has 1 aliphatic rings. The second-order valence-corrected chi connectivity index (χ2v) is 4.89. The predicted molar refractivity (Wildman–Crippen MR) is 75.0 cm³/mol. The van der Waals surface area contributed by atoms with Gasteiger partial charge in [0.1, 0.15) is 12.4 Å². The van der Waals surface area contributed by atoms with E-state index >= 15 is 0 Å². The van der Waals surface area contributed by atoms with Gasteiger partial charge in [0.2, 0.25) is 5.91 Å². The number of likely N-dealkylation sites (N-methyl/N-ethyl adjacent to an activating group) is 1. The van der Waals surface area contributed by atoms with Crippen molar-refractivity contribution in [2.45, 2.75) is 13.0 Å². The van der Waals surface area contributed by atoms with E-state index in [4.69, 9.17) is 10.5 Å². The molecular weight excluding hydrogens is 242 g/mol. The molecule has 1 fully saturated rings. The van der Waals surface area contributed by atoms with Gasteiger partial charge in [-0.05, 0) is 31.2 Å². The second-order valence-electron chi connectivity index (χ2n) is 4.89. The molecule has 1 atom stereocenters. The third kappa shape index (κ3) is 3.38. The molecule has 0 aliphatic carbocycles. The van der Waals surface area contributed by atoms with E-state index in [-0.39, 0.29) is 11.9 Å². The fourth-order valence-electron chi connectivity index (χ4n) is 2.21. The Morgan fingerprint density at radius 2 is 2.00 bits per heavy atom. The van der Waals surface area contributed by atoms with Gasteiger partial charge in [-0.2, -0.15) is 0 Å². The molecule has 19 heavy (non-hydrogen) atoms. The highest BCUT2D eigenvalue weighted by Crippen LogP contribution is 2.14. The van der Waals surface area contributed by atoms with Crippen molar-refractivity contribution in [3.05, 3.63) is 24.3 Å². The SMILES string of the molecule is CC1C(=O)N(C)CCN1CCOc1ccc(N)cc1. The molecule has 0 aromatic heterocycles. The minimum Gasteiger partial charge on any atom is -0.492 e. The summed E-state index contributed by atoms with van der Waals surface area (Å²) < 4.78 is 5.65. The number of carbonyl (C=O) groups excluding carboxylic acids is 1. The van der Waals surface area contributed by atoms with Crippen molar-refractivity contribution in [2.75, 3.05) is 39.0 Å². The third-order valence-electron chi connectivity index (χ3n) is 3.53. The van der Waals surface area contributed by atoms with Crippen LogP contribution in [-0.4, -0.2) is 55.0 Å². The topological polar surface area (TPSA) is 58.8 Å². The van der Waals surface area contributed by atoms with Gasteiger partial charge in [-0.25, -0.2) is 0 Å². The molecule has 5 nitrogen and oxygen atoms in total. The number of nitrogens with zero attached hydrogens (tertiary/aromatic N) is 2. The highest BCUT2D eigenvalue weighted by Gasteiger charge is 2.28. The summed E-state index contributed by atoms with van der Waals surface area (Å²) >= 11 is 0. The molecule has 1 heterocycles. The molecular formula is C14H21N3O2. The molecule has 1 aromatic carbocycles. The van der Waals surface area contributed by atoms with Gasteiger partial charge in [0.05, 0.1) is 6.04 Å². The van der Waals surface area contributed by atoms with E-state index in [0.29, 0.717) is 6.61 Å².